The molecule has 0 fully saturated rings. The molecule has 0 bridgehead atoms. The van der Waals surface area contributed by atoms with E-state index < -0.39 is 0 Å². The molecule has 5 nitrogen and oxygen atoms in total. The van der Waals surface area contributed by atoms with E-state index in [-0.39, 0.29) is 5.56 Å². The van der Waals surface area contributed by atoms with Crippen LogP contribution in [0.3, 0.4) is 0 Å². The Hall–Kier alpha value is -2.18. The number of hydrogen-bond acceptors (Lipinski definition) is 5. The van der Waals surface area contributed by atoms with Crippen LogP contribution in [0, 0.1) is 5.92 Å². The molecule has 0 saturated carbocycles. The van der Waals surface area contributed by atoms with Crippen molar-refractivity contribution < 1.29 is 4.74 Å². The number of nitrogens with zero attached hydrogens (tertiary/aromatic N) is 2. The van der Waals surface area contributed by atoms with Crippen LogP contribution < -0.4 is 15.6 Å². The summed E-state index contributed by atoms with van der Waals surface area (Å²) in [4.78, 5) is 20.1. The molecule has 1 aromatic carbocycles. The second kappa shape index (κ2) is 8.67. The number of para-hydroxylation sites is 1. The summed E-state index contributed by atoms with van der Waals surface area (Å²) in [6.07, 6.45) is 5.91. The maximum atomic E-state index is 13.3. The van der Waals surface area contributed by atoms with E-state index in [4.69, 9.17) is 4.74 Å². The van der Waals surface area contributed by atoms with E-state index in [1.807, 2.05) is 24.3 Å². The van der Waals surface area contributed by atoms with Crippen LogP contribution in [-0.4, -0.2) is 29.2 Å². The van der Waals surface area contributed by atoms with Crippen molar-refractivity contribution in [2.75, 3.05) is 13.7 Å². The Morgan fingerprint density at radius 1 is 1.34 bits per heavy atom. The van der Waals surface area contributed by atoms with Crippen molar-refractivity contribution in [3.63, 3.8) is 0 Å². The summed E-state index contributed by atoms with van der Waals surface area (Å²) in [5, 5.41) is 4.52. The molecule has 1 N–H and O–H groups in total. The quantitative estimate of drug-likeness (QED) is 0.638. The van der Waals surface area contributed by atoms with Gasteiger partial charge in [-0.3, -0.25) is 9.36 Å². The molecule has 0 saturated heterocycles. The average Bonchev–Trinajstić information content (AvgIpc) is 3.08. The third kappa shape index (κ3) is 4.23. The number of rotatable bonds is 7. The molecule has 1 aliphatic carbocycles. The number of aryl methyl sites for hydroxylation is 1. The zero-order valence-electron chi connectivity index (χ0n) is 17.4. The molecule has 1 atom stereocenters. The summed E-state index contributed by atoms with van der Waals surface area (Å²) in [6.45, 7) is 6.05. The van der Waals surface area contributed by atoms with Gasteiger partial charge in [0.05, 0.1) is 25.4 Å². The molecule has 4 rings (SSSR count). The lowest BCUT2D eigenvalue weighted by atomic mass is 9.93. The van der Waals surface area contributed by atoms with Crippen molar-refractivity contribution in [2.24, 2.45) is 5.92 Å². The lowest BCUT2D eigenvalue weighted by molar-refractivity contribution is 0.408. The molecule has 1 aliphatic rings. The average molecular weight is 412 g/mol. The fourth-order valence-electron chi connectivity index (χ4n) is 4.08. The van der Waals surface area contributed by atoms with Crippen molar-refractivity contribution >= 4 is 21.6 Å². The monoisotopic (exact) mass is 411 g/mol. The Morgan fingerprint density at radius 3 is 2.97 bits per heavy atom. The Morgan fingerprint density at radius 2 is 2.17 bits per heavy atom. The van der Waals surface area contributed by atoms with Crippen LogP contribution in [0.4, 0.5) is 0 Å². The first-order valence-electron chi connectivity index (χ1n) is 10.4. The summed E-state index contributed by atoms with van der Waals surface area (Å²) in [5.41, 5.74) is 2.26. The lowest BCUT2D eigenvalue weighted by Gasteiger charge is -2.23. The molecule has 6 heteroatoms. The van der Waals surface area contributed by atoms with Crippen LogP contribution >= 0.6 is 11.3 Å². The molecule has 2 heterocycles. The molecule has 0 radical (unpaired) electrons. The molecule has 0 aliphatic heterocycles. The second-order valence-electron chi connectivity index (χ2n) is 8.25. The third-order valence-electron chi connectivity index (χ3n) is 5.72. The number of aromatic nitrogens is 2. The van der Waals surface area contributed by atoms with Crippen molar-refractivity contribution in [1.29, 1.82) is 0 Å². The van der Waals surface area contributed by atoms with Gasteiger partial charge >= 0.3 is 0 Å². The van der Waals surface area contributed by atoms with Gasteiger partial charge in [0.1, 0.15) is 10.6 Å². The van der Waals surface area contributed by atoms with E-state index in [2.05, 4.69) is 24.1 Å². The van der Waals surface area contributed by atoms with Gasteiger partial charge in [-0.2, -0.15) is 0 Å². The first-order valence-corrected chi connectivity index (χ1v) is 11.2. The van der Waals surface area contributed by atoms with Crippen LogP contribution in [0.5, 0.6) is 5.75 Å². The SMILES string of the molecule is COc1ccccc1Cn1cnc2sc3c(c2c1=O)CCC(NCCC(C)C)C3. The van der Waals surface area contributed by atoms with Gasteiger partial charge in [-0.25, -0.2) is 4.98 Å². The van der Waals surface area contributed by atoms with Crippen LogP contribution in [0.1, 0.15) is 42.7 Å². The van der Waals surface area contributed by atoms with Gasteiger partial charge in [0.2, 0.25) is 0 Å². The predicted octanol–water partition coefficient (Wildman–Crippen LogP) is 4.01. The van der Waals surface area contributed by atoms with Crippen LogP contribution in [-0.2, 0) is 19.4 Å². The zero-order chi connectivity index (χ0) is 20.4. The summed E-state index contributed by atoms with van der Waals surface area (Å²) in [6, 6.07) is 8.32. The number of thiophene rings is 1. The topological polar surface area (TPSA) is 56.2 Å². The van der Waals surface area contributed by atoms with Crippen molar-refractivity contribution in [3.05, 3.63) is 57.0 Å². The third-order valence-corrected chi connectivity index (χ3v) is 6.89. The van der Waals surface area contributed by atoms with Crippen LogP contribution in [0.2, 0.25) is 0 Å². The minimum atomic E-state index is 0.0598. The Balaban J connectivity index is 1.59. The molecule has 0 spiro atoms. The van der Waals surface area contributed by atoms with Gasteiger partial charge in [-0.15, -0.1) is 11.3 Å². The molecular weight excluding hydrogens is 382 g/mol. The maximum Gasteiger partial charge on any atom is 0.262 e. The highest BCUT2D eigenvalue weighted by Gasteiger charge is 2.25. The molecule has 1 unspecified atom stereocenters. The second-order valence-corrected chi connectivity index (χ2v) is 9.33. The number of methoxy groups -OCH3 is 1. The zero-order valence-corrected chi connectivity index (χ0v) is 18.2. The summed E-state index contributed by atoms with van der Waals surface area (Å²) in [5.74, 6) is 1.51. The first kappa shape index (κ1) is 20.1. The Bertz CT molecular complexity index is 1050. The fraction of sp³-hybridized carbons (Fsp3) is 0.478. The number of benzene rings is 1. The molecule has 2 aromatic heterocycles. The first-order chi connectivity index (χ1) is 14.1. The summed E-state index contributed by atoms with van der Waals surface area (Å²) >= 11 is 1.69. The van der Waals surface area contributed by atoms with E-state index >= 15 is 0 Å². The van der Waals surface area contributed by atoms with Crippen LogP contribution in [0.25, 0.3) is 10.2 Å². The highest BCUT2D eigenvalue weighted by Crippen LogP contribution is 2.33. The standard InChI is InChI=1S/C23H29N3O2S/c1-15(2)10-11-24-17-8-9-18-20(12-17)29-22-21(18)23(27)26(14-25-22)13-16-6-4-5-7-19(16)28-3/h4-7,14-15,17,24H,8-13H2,1-3H3. The number of hydrogen-bond donors (Lipinski definition) is 1. The van der Waals surface area contributed by atoms with Gasteiger partial charge in [0.15, 0.2) is 0 Å². The van der Waals surface area contributed by atoms with Gasteiger partial charge < -0.3 is 10.1 Å². The Labute approximate surface area is 175 Å². The minimum Gasteiger partial charge on any atom is -0.496 e. The molecule has 154 valence electrons. The van der Waals surface area contributed by atoms with Gasteiger partial charge in [0.25, 0.3) is 5.56 Å². The van der Waals surface area contributed by atoms with E-state index in [0.717, 1.165) is 53.3 Å². The highest BCUT2D eigenvalue weighted by molar-refractivity contribution is 7.18. The summed E-state index contributed by atoms with van der Waals surface area (Å²) in [7, 11) is 1.66. The smallest absolute Gasteiger partial charge is 0.262 e. The van der Waals surface area contributed by atoms with E-state index in [1.165, 1.54) is 16.9 Å². The molecular formula is C23H29N3O2S. The Kier molecular flexibility index (Phi) is 6.01. The highest BCUT2D eigenvalue weighted by atomic mass is 32.1. The molecule has 0 amide bonds. The van der Waals surface area contributed by atoms with E-state index in [1.54, 1.807) is 29.3 Å². The number of ether oxygens (including phenoxy) is 1. The van der Waals surface area contributed by atoms with Crippen molar-refractivity contribution in [2.45, 2.75) is 52.1 Å². The maximum absolute atomic E-state index is 13.3. The number of fused-ring (bicyclic) bond motifs is 3. The van der Waals surface area contributed by atoms with Crippen molar-refractivity contribution in [3.8, 4) is 5.75 Å². The van der Waals surface area contributed by atoms with E-state index in [0.29, 0.717) is 12.6 Å². The fourth-order valence-corrected chi connectivity index (χ4v) is 5.34. The minimum absolute atomic E-state index is 0.0598. The normalized spacial score (nSPS) is 16.3. The molecule has 3 aromatic rings. The van der Waals surface area contributed by atoms with Crippen LogP contribution in [0.15, 0.2) is 35.4 Å². The van der Waals surface area contributed by atoms with E-state index in [9.17, 15) is 4.79 Å². The van der Waals surface area contributed by atoms with Gasteiger partial charge in [0, 0.05) is 16.5 Å². The lowest BCUT2D eigenvalue weighted by Crippen LogP contribution is -2.35. The molecule has 29 heavy (non-hydrogen) atoms. The summed E-state index contributed by atoms with van der Waals surface area (Å²) < 4.78 is 7.15. The van der Waals surface area contributed by atoms with Gasteiger partial charge in [-0.05, 0) is 49.8 Å². The van der Waals surface area contributed by atoms with Crippen molar-refractivity contribution in [1.82, 2.24) is 14.9 Å². The largest absolute Gasteiger partial charge is 0.496 e. The van der Waals surface area contributed by atoms with Gasteiger partial charge in [-0.1, -0.05) is 32.0 Å². The predicted molar refractivity (Wildman–Crippen MR) is 119 cm³/mol. The number of nitrogens with one attached hydrogen (secondary N) is 1.